The Morgan fingerprint density at radius 3 is 2.47 bits per heavy atom. The Hall–Kier alpha value is -1.96. The standard InChI is InChI=1S/C17H18FN/c1-12(2)19-11-14-6-4-5-7-17(14)16-9-8-15(18)10-13(16)3/h4-12H,1-3H3/b19-11+. The van der Waals surface area contributed by atoms with Crippen molar-refractivity contribution in [2.45, 2.75) is 26.8 Å². The Morgan fingerprint density at radius 2 is 1.79 bits per heavy atom. The minimum absolute atomic E-state index is 0.199. The van der Waals surface area contributed by atoms with Crippen molar-refractivity contribution in [1.82, 2.24) is 0 Å². The molecule has 0 aliphatic carbocycles. The third kappa shape index (κ3) is 3.28. The van der Waals surface area contributed by atoms with Crippen LogP contribution in [0.3, 0.4) is 0 Å². The van der Waals surface area contributed by atoms with Crippen LogP contribution in [0.4, 0.5) is 4.39 Å². The first-order valence-electron chi connectivity index (χ1n) is 6.46. The zero-order valence-corrected chi connectivity index (χ0v) is 11.5. The van der Waals surface area contributed by atoms with E-state index in [0.717, 1.165) is 22.3 Å². The number of benzene rings is 2. The Kier molecular flexibility index (Phi) is 4.10. The molecule has 0 N–H and O–H groups in total. The van der Waals surface area contributed by atoms with Crippen LogP contribution in [0.5, 0.6) is 0 Å². The van der Waals surface area contributed by atoms with Crippen molar-refractivity contribution in [2.75, 3.05) is 0 Å². The fourth-order valence-corrected chi connectivity index (χ4v) is 2.01. The average Bonchev–Trinajstić information content (AvgIpc) is 2.37. The van der Waals surface area contributed by atoms with Gasteiger partial charge >= 0.3 is 0 Å². The lowest BCUT2D eigenvalue weighted by Crippen LogP contribution is -1.94. The lowest BCUT2D eigenvalue weighted by Gasteiger charge is -2.09. The van der Waals surface area contributed by atoms with Gasteiger partial charge in [-0.25, -0.2) is 4.39 Å². The maximum Gasteiger partial charge on any atom is 0.123 e. The lowest BCUT2D eigenvalue weighted by molar-refractivity contribution is 0.627. The first kappa shape index (κ1) is 13.5. The maximum atomic E-state index is 13.2. The molecule has 0 amide bonds. The van der Waals surface area contributed by atoms with E-state index in [1.807, 2.05) is 57.3 Å². The quantitative estimate of drug-likeness (QED) is 0.709. The second-order valence-corrected chi connectivity index (χ2v) is 4.92. The molecule has 0 radical (unpaired) electrons. The number of rotatable bonds is 3. The maximum absolute atomic E-state index is 13.2. The molecule has 98 valence electrons. The van der Waals surface area contributed by atoms with Crippen molar-refractivity contribution >= 4 is 6.21 Å². The van der Waals surface area contributed by atoms with Crippen molar-refractivity contribution in [3.63, 3.8) is 0 Å². The van der Waals surface area contributed by atoms with Crippen LogP contribution in [0.15, 0.2) is 47.5 Å². The molecule has 0 fully saturated rings. The molecule has 2 aromatic carbocycles. The molecule has 0 spiro atoms. The predicted octanol–water partition coefficient (Wildman–Crippen LogP) is 4.63. The number of aliphatic imine (C=N–C) groups is 1. The zero-order chi connectivity index (χ0) is 13.8. The van der Waals surface area contributed by atoms with Crippen LogP contribution >= 0.6 is 0 Å². The van der Waals surface area contributed by atoms with Crippen molar-refractivity contribution in [1.29, 1.82) is 0 Å². The van der Waals surface area contributed by atoms with Gasteiger partial charge in [0, 0.05) is 17.8 Å². The van der Waals surface area contributed by atoms with Crippen molar-refractivity contribution in [3.8, 4) is 11.1 Å². The zero-order valence-electron chi connectivity index (χ0n) is 11.5. The summed E-state index contributed by atoms with van der Waals surface area (Å²) >= 11 is 0. The summed E-state index contributed by atoms with van der Waals surface area (Å²) in [5, 5.41) is 0. The molecule has 19 heavy (non-hydrogen) atoms. The Balaban J connectivity index is 2.50. The van der Waals surface area contributed by atoms with Crippen LogP contribution in [0.1, 0.15) is 25.0 Å². The summed E-state index contributed by atoms with van der Waals surface area (Å²) in [6.45, 7) is 6.01. The SMILES string of the molecule is Cc1cc(F)ccc1-c1ccccc1/C=N/C(C)C. The van der Waals surface area contributed by atoms with Crippen molar-refractivity contribution < 1.29 is 4.39 Å². The van der Waals surface area contributed by atoms with E-state index in [2.05, 4.69) is 4.99 Å². The number of halogens is 1. The highest BCUT2D eigenvalue weighted by Gasteiger charge is 2.06. The van der Waals surface area contributed by atoms with Crippen LogP contribution in [-0.2, 0) is 0 Å². The Bertz CT molecular complexity index is 600. The Labute approximate surface area is 113 Å². The molecule has 0 saturated carbocycles. The molecule has 2 heteroatoms. The molecule has 0 heterocycles. The van der Waals surface area contributed by atoms with Crippen LogP contribution in [0, 0.1) is 12.7 Å². The monoisotopic (exact) mass is 255 g/mol. The number of nitrogens with zero attached hydrogens (tertiary/aromatic N) is 1. The molecule has 0 aromatic heterocycles. The molecule has 2 rings (SSSR count). The van der Waals surface area contributed by atoms with Gasteiger partial charge in [0.2, 0.25) is 0 Å². The van der Waals surface area contributed by atoms with Gasteiger partial charge in [0.1, 0.15) is 5.82 Å². The summed E-state index contributed by atoms with van der Waals surface area (Å²) < 4.78 is 13.2. The van der Waals surface area contributed by atoms with E-state index < -0.39 is 0 Å². The number of aryl methyl sites for hydroxylation is 1. The summed E-state index contributed by atoms with van der Waals surface area (Å²) in [5.41, 5.74) is 4.13. The first-order valence-corrected chi connectivity index (χ1v) is 6.46. The molecule has 2 aromatic rings. The molecule has 0 aliphatic heterocycles. The van der Waals surface area contributed by atoms with Crippen LogP contribution in [-0.4, -0.2) is 12.3 Å². The fraction of sp³-hybridized carbons (Fsp3) is 0.235. The third-order valence-electron chi connectivity index (χ3n) is 2.95. The summed E-state index contributed by atoms with van der Waals surface area (Å²) in [5.74, 6) is -0.199. The predicted molar refractivity (Wildman–Crippen MR) is 79.3 cm³/mol. The van der Waals surface area contributed by atoms with Crippen molar-refractivity contribution in [2.24, 2.45) is 4.99 Å². The second kappa shape index (κ2) is 5.79. The summed E-state index contributed by atoms with van der Waals surface area (Å²) in [7, 11) is 0. The van der Waals surface area contributed by atoms with E-state index in [0.29, 0.717) is 0 Å². The first-order chi connectivity index (χ1) is 9.08. The van der Waals surface area contributed by atoms with Gasteiger partial charge in [0.15, 0.2) is 0 Å². The topological polar surface area (TPSA) is 12.4 Å². The highest BCUT2D eigenvalue weighted by Crippen LogP contribution is 2.26. The van der Waals surface area contributed by atoms with Gasteiger partial charge in [-0.1, -0.05) is 30.3 Å². The molecule has 0 bridgehead atoms. The highest BCUT2D eigenvalue weighted by molar-refractivity contribution is 5.91. The molecular formula is C17H18FN. The van der Waals surface area contributed by atoms with E-state index in [9.17, 15) is 4.39 Å². The van der Waals surface area contributed by atoms with Crippen LogP contribution in [0.25, 0.3) is 11.1 Å². The normalized spacial score (nSPS) is 11.4. The van der Waals surface area contributed by atoms with Gasteiger partial charge < -0.3 is 0 Å². The van der Waals surface area contributed by atoms with E-state index in [1.54, 1.807) is 6.07 Å². The average molecular weight is 255 g/mol. The Morgan fingerprint density at radius 1 is 1.05 bits per heavy atom. The van der Waals surface area contributed by atoms with Gasteiger partial charge in [0.25, 0.3) is 0 Å². The molecule has 1 nitrogen and oxygen atoms in total. The summed E-state index contributed by atoms with van der Waals surface area (Å²) in [6, 6.07) is 13.2. The molecule has 0 aliphatic rings. The van der Waals surface area contributed by atoms with Gasteiger partial charge in [-0.2, -0.15) is 0 Å². The van der Waals surface area contributed by atoms with E-state index in [4.69, 9.17) is 0 Å². The van der Waals surface area contributed by atoms with E-state index >= 15 is 0 Å². The van der Waals surface area contributed by atoms with Crippen molar-refractivity contribution in [3.05, 3.63) is 59.4 Å². The van der Waals surface area contributed by atoms with Gasteiger partial charge in [0.05, 0.1) is 0 Å². The minimum Gasteiger partial charge on any atom is -0.290 e. The van der Waals surface area contributed by atoms with E-state index in [1.165, 1.54) is 6.07 Å². The molecule has 0 saturated heterocycles. The molecule has 0 unspecified atom stereocenters. The smallest absolute Gasteiger partial charge is 0.123 e. The van der Waals surface area contributed by atoms with E-state index in [-0.39, 0.29) is 11.9 Å². The molecule has 0 atom stereocenters. The number of hydrogen-bond donors (Lipinski definition) is 0. The third-order valence-corrected chi connectivity index (χ3v) is 2.95. The largest absolute Gasteiger partial charge is 0.290 e. The van der Waals surface area contributed by atoms with Gasteiger partial charge in [-0.05, 0) is 49.6 Å². The van der Waals surface area contributed by atoms with Crippen LogP contribution in [0.2, 0.25) is 0 Å². The summed E-state index contributed by atoms with van der Waals surface area (Å²) in [6.07, 6.45) is 1.89. The van der Waals surface area contributed by atoms with Gasteiger partial charge in [-0.15, -0.1) is 0 Å². The lowest BCUT2D eigenvalue weighted by atomic mass is 9.96. The number of hydrogen-bond acceptors (Lipinski definition) is 1. The highest BCUT2D eigenvalue weighted by atomic mass is 19.1. The van der Waals surface area contributed by atoms with Gasteiger partial charge in [-0.3, -0.25) is 4.99 Å². The molecular weight excluding hydrogens is 237 g/mol. The fourth-order valence-electron chi connectivity index (χ4n) is 2.01. The summed E-state index contributed by atoms with van der Waals surface area (Å²) in [4.78, 5) is 4.43. The second-order valence-electron chi connectivity index (χ2n) is 4.92. The van der Waals surface area contributed by atoms with Crippen LogP contribution < -0.4 is 0 Å². The minimum atomic E-state index is -0.199.